The van der Waals surface area contributed by atoms with Crippen LogP contribution in [-0.4, -0.2) is 21.2 Å². The number of para-hydroxylation sites is 1. The molecular weight excluding hydrogens is 507 g/mol. The molecular formula is C26H22F3N3O2S2. The minimum atomic E-state index is -4.50. The van der Waals surface area contributed by atoms with Crippen LogP contribution < -0.4 is 10.9 Å². The molecule has 0 saturated heterocycles. The zero-order valence-electron chi connectivity index (χ0n) is 19.3. The molecule has 2 aromatic carbocycles. The third kappa shape index (κ3) is 4.92. The van der Waals surface area contributed by atoms with Crippen LogP contribution in [0, 0.1) is 5.92 Å². The highest BCUT2D eigenvalue weighted by atomic mass is 32.2. The summed E-state index contributed by atoms with van der Waals surface area (Å²) in [5.74, 6) is -0.0637. The molecule has 0 fully saturated rings. The maximum absolute atomic E-state index is 13.7. The monoisotopic (exact) mass is 529 g/mol. The molecule has 0 aliphatic heterocycles. The lowest BCUT2D eigenvalue weighted by atomic mass is 9.89. The molecule has 1 amide bonds. The number of hydrogen-bond acceptors (Lipinski definition) is 5. The largest absolute Gasteiger partial charge is 0.416 e. The quantitative estimate of drug-likeness (QED) is 0.243. The number of aromatic nitrogens is 2. The maximum atomic E-state index is 13.7. The Balaban J connectivity index is 1.47. The highest BCUT2D eigenvalue weighted by Gasteiger charge is 2.30. The van der Waals surface area contributed by atoms with Crippen LogP contribution in [0.25, 0.3) is 15.9 Å². The number of fused-ring (bicyclic) bond motifs is 3. The van der Waals surface area contributed by atoms with E-state index in [1.165, 1.54) is 32.9 Å². The zero-order valence-corrected chi connectivity index (χ0v) is 20.9. The van der Waals surface area contributed by atoms with E-state index < -0.39 is 17.6 Å². The molecule has 0 spiro atoms. The second-order valence-corrected chi connectivity index (χ2v) is 10.8. The van der Waals surface area contributed by atoms with E-state index in [1.54, 1.807) is 0 Å². The van der Waals surface area contributed by atoms with Crippen molar-refractivity contribution in [2.45, 2.75) is 37.5 Å². The normalized spacial score (nSPS) is 15.6. The minimum Gasteiger partial charge on any atom is -0.325 e. The van der Waals surface area contributed by atoms with Gasteiger partial charge in [0, 0.05) is 10.6 Å². The molecule has 0 saturated carbocycles. The molecule has 1 aliphatic rings. The van der Waals surface area contributed by atoms with Crippen LogP contribution in [0.4, 0.5) is 18.9 Å². The SMILES string of the molecule is C[C@H]1CCc2c(sc3nc(SCC(=O)Nc4cccc(C(F)(F)F)c4)n(-c4ccccc4)c(=O)c23)C1. The fraction of sp³-hybridized carbons (Fsp3) is 0.269. The molecule has 0 unspecified atom stereocenters. The Hall–Kier alpha value is -3.11. The van der Waals surface area contributed by atoms with Crippen molar-refractivity contribution in [3.8, 4) is 5.69 Å². The number of rotatable bonds is 5. The molecule has 2 heterocycles. The second kappa shape index (κ2) is 9.74. The van der Waals surface area contributed by atoms with Crippen molar-refractivity contribution in [2.75, 3.05) is 11.1 Å². The lowest BCUT2D eigenvalue weighted by Gasteiger charge is -2.17. The number of amides is 1. The summed E-state index contributed by atoms with van der Waals surface area (Å²) < 4.78 is 40.5. The van der Waals surface area contributed by atoms with Crippen LogP contribution in [0.1, 0.15) is 29.3 Å². The topological polar surface area (TPSA) is 64.0 Å². The van der Waals surface area contributed by atoms with Gasteiger partial charge in [-0.3, -0.25) is 14.2 Å². The van der Waals surface area contributed by atoms with Crippen molar-refractivity contribution >= 4 is 44.9 Å². The number of nitrogens with one attached hydrogen (secondary N) is 1. The van der Waals surface area contributed by atoms with Crippen molar-refractivity contribution in [1.82, 2.24) is 9.55 Å². The van der Waals surface area contributed by atoms with Crippen LogP contribution in [-0.2, 0) is 23.8 Å². The lowest BCUT2D eigenvalue weighted by molar-refractivity contribution is -0.137. The van der Waals surface area contributed by atoms with Gasteiger partial charge in [-0.15, -0.1) is 11.3 Å². The van der Waals surface area contributed by atoms with Crippen LogP contribution in [0.2, 0.25) is 0 Å². The van der Waals surface area contributed by atoms with Crippen molar-refractivity contribution in [1.29, 1.82) is 0 Å². The maximum Gasteiger partial charge on any atom is 0.416 e. The van der Waals surface area contributed by atoms with Crippen LogP contribution >= 0.6 is 23.1 Å². The Morgan fingerprint density at radius 3 is 2.72 bits per heavy atom. The average molecular weight is 530 g/mol. The zero-order chi connectivity index (χ0) is 25.4. The van der Waals surface area contributed by atoms with E-state index in [-0.39, 0.29) is 17.0 Å². The molecule has 36 heavy (non-hydrogen) atoms. The number of anilines is 1. The molecule has 0 radical (unpaired) electrons. The first kappa shape index (κ1) is 24.6. The van der Waals surface area contributed by atoms with Gasteiger partial charge >= 0.3 is 6.18 Å². The fourth-order valence-corrected chi connectivity index (χ4v) is 6.61. The number of thiophene rings is 1. The summed E-state index contributed by atoms with van der Waals surface area (Å²) in [6.07, 6.45) is -1.72. The number of hydrogen-bond donors (Lipinski definition) is 1. The first-order chi connectivity index (χ1) is 17.2. The Morgan fingerprint density at radius 1 is 1.19 bits per heavy atom. The first-order valence-electron chi connectivity index (χ1n) is 11.4. The molecule has 2 aromatic heterocycles. The van der Waals surface area contributed by atoms with Crippen LogP contribution in [0.5, 0.6) is 0 Å². The average Bonchev–Trinajstić information content (AvgIpc) is 3.20. The van der Waals surface area contributed by atoms with Crippen molar-refractivity contribution in [3.05, 3.63) is 81.0 Å². The summed E-state index contributed by atoms with van der Waals surface area (Å²) in [4.78, 5) is 33.0. The third-order valence-corrected chi connectivity index (χ3v) is 8.21. The summed E-state index contributed by atoms with van der Waals surface area (Å²) in [7, 11) is 0. The standard InChI is InChI=1S/C26H22F3N3O2S2/c1-15-10-11-19-20(12-15)36-23-22(19)24(34)32(18-8-3-2-4-9-18)25(31-23)35-14-21(33)30-17-7-5-6-16(13-17)26(27,28)29/h2-9,13,15H,10-12,14H2,1H3,(H,30,33)/t15-/m0/s1. The van der Waals surface area contributed by atoms with E-state index in [4.69, 9.17) is 4.98 Å². The number of carbonyl (C=O) groups excluding carboxylic acids is 1. The van der Waals surface area contributed by atoms with Crippen molar-refractivity contribution in [2.24, 2.45) is 5.92 Å². The van der Waals surface area contributed by atoms with E-state index >= 15 is 0 Å². The van der Waals surface area contributed by atoms with Gasteiger partial charge in [0.05, 0.1) is 22.4 Å². The molecule has 5 rings (SSSR count). The van der Waals surface area contributed by atoms with E-state index in [0.717, 1.165) is 48.7 Å². The highest BCUT2D eigenvalue weighted by Crippen LogP contribution is 2.37. The Labute approximate surface area is 213 Å². The number of halogens is 3. The molecule has 5 nitrogen and oxygen atoms in total. The fourth-order valence-electron chi connectivity index (χ4n) is 4.37. The lowest BCUT2D eigenvalue weighted by Crippen LogP contribution is -2.23. The Morgan fingerprint density at radius 2 is 1.97 bits per heavy atom. The van der Waals surface area contributed by atoms with Gasteiger partial charge in [0.25, 0.3) is 5.56 Å². The van der Waals surface area contributed by atoms with Crippen molar-refractivity contribution in [3.63, 3.8) is 0 Å². The Bertz CT molecular complexity index is 1500. The molecule has 1 aliphatic carbocycles. The summed E-state index contributed by atoms with van der Waals surface area (Å²) in [6.45, 7) is 2.20. The predicted octanol–water partition coefficient (Wildman–Crippen LogP) is 6.32. The summed E-state index contributed by atoms with van der Waals surface area (Å²) in [5, 5.41) is 3.52. The summed E-state index contributed by atoms with van der Waals surface area (Å²) in [6, 6.07) is 13.6. The summed E-state index contributed by atoms with van der Waals surface area (Å²) in [5.41, 5.74) is 0.767. The number of thioether (sulfide) groups is 1. The van der Waals surface area contributed by atoms with E-state index in [2.05, 4.69) is 12.2 Å². The smallest absolute Gasteiger partial charge is 0.325 e. The first-order valence-corrected chi connectivity index (χ1v) is 13.2. The van der Waals surface area contributed by atoms with Crippen molar-refractivity contribution < 1.29 is 18.0 Å². The van der Waals surface area contributed by atoms with Gasteiger partial charge in [-0.25, -0.2) is 4.98 Å². The van der Waals surface area contributed by atoms with Gasteiger partial charge in [0.15, 0.2) is 5.16 Å². The number of alkyl halides is 3. The number of aryl methyl sites for hydroxylation is 1. The second-order valence-electron chi connectivity index (χ2n) is 8.82. The van der Waals surface area contributed by atoms with Gasteiger partial charge in [-0.2, -0.15) is 13.2 Å². The molecule has 10 heteroatoms. The Kier molecular flexibility index (Phi) is 6.65. The molecule has 186 valence electrons. The van der Waals surface area contributed by atoms with Gasteiger partial charge in [-0.1, -0.05) is 43.0 Å². The van der Waals surface area contributed by atoms with Gasteiger partial charge in [-0.05, 0) is 61.1 Å². The van der Waals surface area contributed by atoms with Crippen LogP contribution in [0.3, 0.4) is 0 Å². The predicted molar refractivity (Wildman–Crippen MR) is 137 cm³/mol. The highest BCUT2D eigenvalue weighted by molar-refractivity contribution is 7.99. The van der Waals surface area contributed by atoms with E-state index in [0.29, 0.717) is 27.0 Å². The summed E-state index contributed by atoms with van der Waals surface area (Å²) >= 11 is 2.61. The number of carbonyl (C=O) groups is 1. The van der Waals surface area contributed by atoms with E-state index in [9.17, 15) is 22.8 Å². The molecule has 1 atom stereocenters. The van der Waals surface area contributed by atoms with Gasteiger partial charge in [0.1, 0.15) is 4.83 Å². The number of benzene rings is 2. The molecule has 0 bridgehead atoms. The van der Waals surface area contributed by atoms with Crippen LogP contribution in [0.15, 0.2) is 64.5 Å². The minimum absolute atomic E-state index is 0.0549. The number of nitrogens with zero attached hydrogens (tertiary/aromatic N) is 2. The van der Waals surface area contributed by atoms with E-state index in [1.807, 2.05) is 30.3 Å². The molecule has 4 aromatic rings. The molecule has 1 N–H and O–H groups in total. The van der Waals surface area contributed by atoms with Gasteiger partial charge < -0.3 is 5.32 Å². The third-order valence-electron chi connectivity index (χ3n) is 6.12. The van der Waals surface area contributed by atoms with Gasteiger partial charge in [0.2, 0.25) is 5.91 Å².